The normalized spacial score (nSPS) is 13.4. The van der Waals surface area contributed by atoms with Gasteiger partial charge in [0.2, 0.25) is 23.6 Å². The summed E-state index contributed by atoms with van der Waals surface area (Å²) in [7, 11) is 0. The number of ether oxygens (including phenoxy) is 2. The van der Waals surface area contributed by atoms with Crippen molar-refractivity contribution in [2.45, 2.75) is 97.8 Å². The van der Waals surface area contributed by atoms with Crippen LogP contribution in [0.15, 0.2) is 48.5 Å². The third-order valence-electron chi connectivity index (χ3n) is 9.76. The summed E-state index contributed by atoms with van der Waals surface area (Å²) in [5, 5.41) is 10.4. The van der Waals surface area contributed by atoms with Crippen molar-refractivity contribution in [3.63, 3.8) is 0 Å². The number of ketones is 3. The fraction of sp³-hybridized carbons (Fsp3) is 0.500. The van der Waals surface area contributed by atoms with E-state index >= 15 is 0 Å². The number of benzene rings is 2. The summed E-state index contributed by atoms with van der Waals surface area (Å²) in [5.74, 6) is -3.52. The minimum atomic E-state index is -1.09. The Hall–Kier alpha value is -5.97. The van der Waals surface area contributed by atoms with E-state index in [1.165, 1.54) is 11.8 Å². The molecular formula is C42H56N6O11. The number of hydrogen-bond donors (Lipinski definition) is 5. The molecule has 17 nitrogen and oxygen atoms in total. The first-order valence-corrected chi connectivity index (χ1v) is 19.6. The van der Waals surface area contributed by atoms with E-state index in [9.17, 15) is 43.2 Å². The highest BCUT2D eigenvalue weighted by Crippen LogP contribution is 2.20. The second-order valence-electron chi connectivity index (χ2n) is 15.4. The first-order chi connectivity index (χ1) is 27.8. The van der Waals surface area contributed by atoms with E-state index in [1.807, 2.05) is 12.1 Å². The number of amides is 7. The third kappa shape index (κ3) is 16.4. The minimum Gasteiger partial charge on any atom is -0.445 e. The molecule has 0 bridgehead atoms. The van der Waals surface area contributed by atoms with Crippen molar-refractivity contribution >= 4 is 58.8 Å². The number of β-lactam (4-membered cyclic amide) rings is 1. The van der Waals surface area contributed by atoms with E-state index < -0.39 is 53.8 Å². The molecule has 7 amide bonds. The molecule has 1 fully saturated rings. The SMILES string of the molecule is CC(=O)C(C)(C)NC(=O)OCc1ccc(NC(=O)[C@H](CCCNC(N)=O)CC(=O)[C@@H](NC(=O)COCC(=O)Cc2ccc(CCC(=O)N3CCC3=O)cc2)C(C)C)cc1. The smallest absolute Gasteiger partial charge is 0.408 e. The van der Waals surface area contributed by atoms with Gasteiger partial charge < -0.3 is 36.5 Å². The Morgan fingerprint density at radius 2 is 1.54 bits per heavy atom. The van der Waals surface area contributed by atoms with Crippen LogP contribution >= 0.6 is 0 Å². The lowest BCUT2D eigenvalue weighted by atomic mass is 9.89. The molecule has 0 unspecified atom stereocenters. The van der Waals surface area contributed by atoms with Gasteiger partial charge in [-0.25, -0.2) is 9.59 Å². The Labute approximate surface area is 343 Å². The van der Waals surface area contributed by atoms with Gasteiger partial charge in [0.25, 0.3) is 0 Å². The number of hydrogen-bond acceptors (Lipinski definition) is 11. The zero-order chi connectivity index (χ0) is 43.7. The minimum absolute atomic E-state index is 0.0632. The number of imide groups is 1. The van der Waals surface area contributed by atoms with Crippen molar-refractivity contribution in [3.8, 4) is 0 Å². The van der Waals surface area contributed by atoms with Crippen molar-refractivity contribution < 1.29 is 52.6 Å². The molecule has 17 heteroatoms. The van der Waals surface area contributed by atoms with Gasteiger partial charge >= 0.3 is 12.1 Å². The monoisotopic (exact) mass is 820 g/mol. The maximum absolute atomic E-state index is 13.6. The molecule has 1 aliphatic heterocycles. The second-order valence-corrected chi connectivity index (χ2v) is 15.4. The average molecular weight is 821 g/mol. The number of anilines is 1. The summed E-state index contributed by atoms with van der Waals surface area (Å²) in [6, 6.07) is 12.0. The van der Waals surface area contributed by atoms with Crippen LogP contribution in [-0.4, -0.2) is 95.9 Å². The quantitative estimate of drug-likeness (QED) is 0.0761. The standard InChI is InChI=1S/C42H56N6O11/c1-26(2)38(46-35(52)25-58-24-33(50)21-29-10-8-28(9-11-29)14-17-36(53)48-20-18-37(48)54)34(51)22-31(7-6-19-44-40(43)56)39(55)45-32-15-12-30(13-16-32)23-59-41(57)47-42(4,5)27(3)49/h8-13,15-16,26,31,38H,6-7,14,17-25H2,1-5H3,(H,45,55)(H,46,52)(H,47,57)(H3,43,44,56)/t31-,38+/m1/s1. The molecule has 59 heavy (non-hydrogen) atoms. The maximum atomic E-state index is 13.6. The summed E-state index contributed by atoms with van der Waals surface area (Å²) >= 11 is 0. The van der Waals surface area contributed by atoms with Gasteiger partial charge in [-0.05, 0) is 74.8 Å². The van der Waals surface area contributed by atoms with E-state index in [-0.39, 0.29) is 74.7 Å². The average Bonchev–Trinajstić information content (AvgIpc) is 3.16. The van der Waals surface area contributed by atoms with Gasteiger partial charge in [0.1, 0.15) is 19.8 Å². The number of nitrogens with two attached hydrogens (primary N) is 1. The highest BCUT2D eigenvalue weighted by molar-refractivity contribution is 5.99. The molecule has 1 aliphatic rings. The second kappa shape index (κ2) is 22.8. The van der Waals surface area contributed by atoms with Gasteiger partial charge in [0.15, 0.2) is 17.3 Å². The fourth-order valence-corrected chi connectivity index (χ4v) is 5.87. The predicted molar refractivity (Wildman–Crippen MR) is 215 cm³/mol. The zero-order valence-corrected chi connectivity index (χ0v) is 34.4. The van der Waals surface area contributed by atoms with Crippen molar-refractivity contribution in [3.05, 3.63) is 65.2 Å². The Balaban J connectivity index is 1.49. The van der Waals surface area contributed by atoms with E-state index in [0.29, 0.717) is 37.1 Å². The number of rotatable bonds is 24. The number of primary amides is 1. The highest BCUT2D eigenvalue weighted by Gasteiger charge is 2.31. The van der Waals surface area contributed by atoms with Crippen LogP contribution < -0.4 is 27.0 Å². The molecule has 0 aromatic heterocycles. The lowest BCUT2D eigenvalue weighted by Gasteiger charge is -2.28. The lowest BCUT2D eigenvalue weighted by molar-refractivity contribution is -0.152. The predicted octanol–water partition coefficient (Wildman–Crippen LogP) is 2.90. The van der Waals surface area contributed by atoms with Gasteiger partial charge in [-0.15, -0.1) is 0 Å². The van der Waals surface area contributed by atoms with Gasteiger partial charge in [0, 0.05) is 50.4 Å². The van der Waals surface area contributed by atoms with Crippen LogP contribution in [0.1, 0.15) is 83.4 Å². The van der Waals surface area contributed by atoms with Crippen LogP contribution in [0.4, 0.5) is 15.3 Å². The number of alkyl carbamates (subject to hydrolysis) is 1. The molecule has 1 heterocycles. The van der Waals surface area contributed by atoms with Crippen LogP contribution in [0.2, 0.25) is 0 Å². The molecular weight excluding hydrogens is 764 g/mol. The number of likely N-dealkylation sites (tertiary alicyclic amines) is 1. The molecule has 2 aromatic rings. The number of carbonyl (C=O) groups excluding carboxylic acids is 9. The summed E-state index contributed by atoms with van der Waals surface area (Å²) in [5.41, 5.74) is 6.73. The van der Waals surface area contributed by atoms with Crippen LogP contribution in [0, 0.1) is 11.8 Å². The van der Waals surface area contributed by atoms with Gasteiger partial charge in [-0.3, -0.25) is 38.5 Å². The number of nitrogens with one attached hydrogen (secondary N) is 4. The van der Waals surface area contributed by atoms with Gasteiger partial charge in [0.05, 0.1) is 11.6 Å². The van der Waals surface area contributed by atoms with Crippen LogP contribution in [0.5, 0.6) is 0 Å². The number of nitrogens with zero attached hydrogens (tertiary/aromatic N) is 1. The summed E-state index contributed by atoms with van der Waals surface area (Å²) < 4.78 is 10.6. The topological polar surface area (TPSA) is 249 Å². The Morgan fingerprint density at radius 3 is 2.12 bits per heavy atom. The molecule has 0 aliphatic carbocycles. The number of urea groups is 1. The summed E-state index contributed by atoms with van der Waals surface area (Å²) in [4.78, 5) is 112. The molecule has 0 saturated carbocycles. The highest BCUT2D eigenvalue weighted by atomic mass is 16.5. The van der Waals surface area contributed by atoms with E-state index in [2.05, 4.69) is 21.3 Å². The molecule has 0 spiro atoms. The first-order valence-electron chi connectivity index (χ1n) is 19.6. The number of carbonyl (C=O) groups is 9. The number of aryl methyl sites for hydroxylation is 1. The molecule has 1 saturated heterocycles. The Morgan fingerprint density at radius 1 is 0.898 bits per heavy atom. The molecule has 2 aromatic carbocycles. The van der Waals surface area contributed by atoms with Gasteiger partial charge in [-0.2, -0.15) is 0 Å². The van der Waals surface area contributed by atoms with Crippen LogP contribution in [0.3, 0.4) is 0 Å². The largest absolute Gasteiger partial charge is 0.445 e. The lowest BCUT2D eigenvalue weighted by Crippen LogP contribution is -2.48. The number of Topliss-reactive ketones (excluding diaryl/α,β-unsaturated/α-hetero) is 3. The Bertz CT molecular complexity index is 1840. The molecule has 6 N–H and O–H groups in total. The fourth-order valence-electron chi connectivity index (χ4n) is 5.87. The van der Waals surface area contributed by atoms with Crippen molar-refractivity contribution in [2.24, 2.45) is 17.6 Å². The van der Waals surface area contributed by atoms with Gasteiger partial charge in [-0.1, -0.05) is 50.2 Å². The summed E-state index contributed by atoms with van der Waals surface area (Å²) in [6.45, 7) is 7.71. The molecule has 3 rings (SSSR count). The third-order valence-corrected chi connectivity index (χ3v) is 9.76. The van der Waals surface area contributed by atoms with Crippen molar-refractivity contribution in [1.29, 1.82) is 0 Å². The zero-order valence-electron chi connectivity index (χ0n) is 34.4. The Kier molecular flexibility index (Phi) is 18.3. The molecule has 320 valence electrons. The van der Waals surface area contributed by atoms with Crippen LogP contribution in [0.25, 0.3) is 0 Å². The maximum Gasteiger partial charge on any atom is 0.408 e. The van der Waals surface area contributed by atoms with E-state index in [1.54, 1.807) is 64.1 Å². The van der Waals surface area contributed by atoms with Crippen molar-refractivity contribution in [1.82, 2.24) is 20.9 Å². The van der Waals surface area contributed by atoms with Crippen molar-refractivity contribution in [2.75, 3.05) is 31.6 Å². The first kappa shape index (κ1) is 47.4. The van der Waals surface area contributed by atoms with Crippen LogP contribution in [-0.2, 0) is 62.5 Å². The van der Waals surface area contributed by atoms with E-state index in [0.717, 1.165) is 11.1 Å². The van der Waals surface area contributed by atoms with E-state index in [4.69, 9.17) is 15.2 Å². The molecule has 2 atom stereocenters. The summed E-state index contributed by atoms with van der Waals surface area (Å²) in [6.07, 6.45) is 0.710. The molecule has 0 radical (unpaired) electrons.